The number of hydrogen-bond acceptors (Lipinski definition) is 2. The van der Waals surface area contributed by atoms with Crippen molar-refractivity contribution < 1.29 is 18.3 Å². The van der Waals surface area contributed by atoms with E-state index < -0.39 is 11.6 Å². The van der Waals surface area contributed by atoms with Crippen LogP contribution in [0.1, 0.15) is 95.5 Å². The normalized spacial score (nSPS) is 30.1. The summed E-state index contributed by atoms with van der Waals surface area (Å²) in [5.41, 5.74) is 0.544. The van der Waals surface area contributed by atoms with Crippen molar-refractivity contribution in [2.24, 2.45) is 17.8 Å². The van der Waals surface area contributed by atoms with Gasteiger partial charge >= 0.3 is 0 Å². The first kappa shape index (κ1) is 22.0. The number of benzene rings is 1. The van der Waals surface area contributed by atoms with Crippen molar-refractivity contribution in [1.82, 2.24) is 0 Å². The minimum atomic E-state index is -0.816. The van der Waals surface area contributed by atoms with Crippen LogP contribution in [0.2, 0.25) is 0 Å². The number of ether oxygens (including phenoxy) is 2. The van der Waals surface area contributed by atoms with E-state index in [0.717, 1.165) is 56.5 Å². The maximum absolute atomic E-state index is 14.7. The molecule has 3 saturated carbocycles. The van der Waals surface area contributed by atoms with Gasteiger partial charge < -0.3 is 9.47 Å². The minimum absolute atomic E-state index is 0.0445. The lowest BCUT2D eigenvalue weighted by atomic mass is 9.69. The van der Waals surface area contributed by atoms with Crippen LogP contribution in [0, 0.1) is 29.4 Å². The van der Waals surface area contributed by atoms with Gasteiger partial charge in [0, 0.05) is 6.61 Å². The highest BCUT2D eigenvalue weighted by Crippen LogP contribution is 2.44. The largest absolute Gasteiger partial charge is 0.490 e. The first-order valence-corrected chi connectivity index (χ1v) is 12.4. The third-order valence-electron chi connectivity index (χ3n) is 7.93. The van der Waals surface area contributed by atoms with Crippen LogP contribution >= 0.6 is 0 Å². The molecule has 1 aromatic rings. The summed E-state index contributed by atoms with van der Waals surface area (Å²) in [5.74, 6) is 1.03. The Bertz CT molecular complexity index is 672. The molecule has 168 valence electrons. The van der Waals surface area contributed by atoms with Gasteiger partial charge in [0.1, 0.15) is 0 Å². The van der Waals surface area contributed by atoms with Crippen LogP contribution in [-0.4, -0.2) is 19.3 Å². The Kier molecular flexibility index (Phi) is 7.67. The predicted molar refractivity (Wildman–Crippen MR) is 116 cm³/mol. The van der Waals surface area contributed by atoms with Crippen LogP contribution in [0.4, 0.5) is 8.78 Å². The lowest BCUT2D eigenvalue weighted by molar-refractivity contribution is -0.0211. The smallest absolute Gasteiger partial charge is 0.200 e. The van der Waals surface area contributed by atoms with Gasteiger partial charge in [0.25, 0.3) is 0 Å². The molecule has 1 aromatic carbocycles. The van der Waals surface area contributed by atoms with Gasteiger partial charge in [-0.3, -0.25) is 0 Å². The van der Waals surface area contributed by atoms with Crippen LogP contribution in [0.3, 0.4) is 0 Å². The number of rotatable bonds is 8. The van der Waals surface area contributed by atoms with E-state index in [9.17, 15) is 8.78 Å². The van der Waals surface area contributed by atoms with E-state index in [1.807, 2.05) is 6.92 Å². The summed E-state index contributed by atoms with van der Waals surface area (Å²) in [4.78, 5) is 0. The number of hydrogen-bond donors (Lipinski definition) is 0. The van der Waals surface area contributed by atoms with Gasteiger partial charge in [0.2, 0.25) is 5.82 Å². The minimum Gasteiger partial charge on any atom is -0.490 e. The molecule has 0 amide bonds. The van der Waals surface area contributed by atoms with Crippen molar-refractivity contribution in [2.75, 3.05) is 13.2 Å². The molecule has 0 radical (unpaired) electrons. The zero-order chi connectivity index (χ0) is 20.9. The van der Waals surface area contributed by atoms with Crippen molar-refractivity contribution in [1.29, 1.82) is 0 Å². The van der Waals surface area contributed by atoms with Gasteiger partial charge in [-0.15, -0.1) is 0 Å². The number of halogens is 2. The van der Waals surface area contributed by atoms with Crippen molar-refractivity contribution in [3.63, 3.8) is 0 Å². The highest BCUT2D eigenvalue weighted by molar-refractivity contribution is 5.33. The van der Waals surface area contributed by atoms with E-state index in [-0.39, 0.29) is 11.7 Å². The standard InChI is InChI=1S/C26H38F2O2/c1-2-16-29-24-15-14-23(25(27)26(24)28)21-8-6-19(7-9-21)20-10-12-22(13-11-20)30-17-18-4-3-5-18/h14-15,18-22H,2-13,16-17H2,1H3. The van der Waals surface area contributed by atoms with Crippen LogP contribution in [0.25, 0.3) is 0 Å². The average molecular weight is 421 g/mol. The van der Waals surface area contributed by atoms with Gasteiger partial charge in [0.05, 0.1) is 12.7 Å². The third-order valence-corrected chi connectivity index (χ3v) is 7.93. The van der Waals surface area contributed by atoms with Crippen LogP contribution < -0.4 is 4.74 Å². The van der Waals surface area contributed by atoms with E-state index in [0.29, 0.717) is 18.3 Å². The predicted octanol–water partition coefficient (Wildman–Crippen LogP) is 7.40. The van der Waals surface area contributed by atoms with Gasteiger partial charge in [0.15, 0.2) is 11.6 Å². The molecule has 3 fully saturated rings. The molecule has 0 saturated heterocycles. The molecule has 30 heavy (non-hydrogen) atoms. The lowest BCUT2D eigenvalue weighted by Gasteiger charge is -2.38. The second-order valence-corrected chi connectivity index (χ2v) is 9.91. The molecule has 0 aromatic heterocycles. The monoisotopic (exact) mass is 420 g/mol. The van der Waals surface area contributed by atoms with Crippen molar-refractivity contribution in [2.45, 2.75) is 96.0 Å². The molecule has 0 bridgehead atoms. The summed E-state index contributed by atoms with van der Waals surface area (Å²) < 4.78 is 40.5. The maximum Gasteiger partial charge on any atom is 0.200 e. The highest BCUT2D eigenvalue weighted by atomic mass is 19.2. The molecule has 0 spiro atoms. The molecule has 3 aliphatic carbocycles. The summed E-state index contributed by atoms with van der Waals surface area (Å²) >= 11 is 0. The van der Waals surface area contributed by atoms with Crippen molar-refractivity contribution >= 4 is 0 Å². The Morgan fingerprint density at radius 2 is 1.50 bits per heavy atom. The molecular formula is C26H38F2O2. The lowest BCUT2D eigenvalue weighted by Crippen LogP contribution is -2.30. The summed E-state index contributed by atoms with van der Waals surface area (Å²) in [7, 11) is 0. The summed E-state index contributed by atoms with van der Waals surface area (Å²) in [6.45, 7) is 3.34. The molecule has 0 N–H and O–H groups in total. The SMILES string of the molecule is CCCOc1ccc(C2CCC(C3CCC(OCC4CCC4)CC3)CC2)c(F)c1F. The summed E-state index contributed by atoms with van der Waals surface area (Å²) in [6.07, 6.45) is 14.5. The fraction of sp³-hybridized carbons (Fsp3) is 0.769. The molecule has 0 heterocycles. The van der Waals surface area contributed by atoms with Crippen LogP contribution in [0.15, 0.2) is 12.1 Å². The van der Waals surface area contributed by atoms with E-state index in [4.69, 9.17) is 9.47 Å². The van der Waals surface area contributed by atoms with E-state index in [2.05, 4.69) is 0 Å². The van der Waals surface area contributed by atoms with Gasteiger partial charge in [-0.2, -0.15) is 4.39 Å². The second-order valence-electron chi connectivity index (χ2n) is 9.91. The third kappa shape index (κ3) is 5.18. The average Bonchev–Trinajstić information content (AvgIpc) is 2.74. The fourth-order valence-electron chi connectivity index (χ4n) is 5.75. The summed E-state index contributed by atoms with van der Waals surface area (Å²) in [5, 5.41) is 0. The first-order chi connectivity index (χ1) is 14.7. The van der Waals surface area contributed by atoms with Gasteiger partial charge in [-0.25, -0.2) is 4.39 Å². The molecule has 3 aliphatic rings. The van der Waals surface area contributed by atoms with Gasteiger partial charge in [-0.05, 0) is 106 Å². The Labute approximate surface area is 180 Å². The Hall–Kier alpha value is -1.16. The summed E-state index contributed by atoms with van der Waals surface area (Å²) in [6, 6.07) is 3.36. The van der Waals surface area contributed by atoms with Crippen LogP contribution in [0.5, 0.6) is 5.75 Å². The molecule has 4 heteroatoms. The maximum atomic E-state index is 14.7. The zero-order valence-electron chi connectivity index (χ0n) is 18.5. The fourth-order valence-corrected chi connectivity index (χ4v) is 5.75. The topological polar surface area (TPSA) is 18.5 Å². The van der Waals surface area contributed by atoms with E-state index in [1.165, 1.54) is 44.9 Å². The second kappa shape index (κ2) is 10.4. The Morgan fingerprint density at radius 1 is 0.833 bits per heavy atom. The van der Waals surface area contributed by atoms with Gasteiger partial charge in [-0.1, -0.05) is 19.4 Å². The van der Waals surface area contributed by atoms with E-state index >= 15 is 0 Å². The molecule has 4 rings (SSSR count). The van der Waals surface area contributed by atoms with Crippen molar-refractivity contribution in [3.8, 4) is 5.75 Å². The zero-order valence-corrected chi connectivity index (χ0v) is 18.5. The molecule has 2 nitrogen and oxygen atoms in total. The van der Waals surface area contributed by atoms with Crippen molar-refractivity contribution in [3.05, 3.63) is 29.3 Å². The Morgan fingerprint density at radius 3 is 2.10 bits per heavy atom. The highest BCUT2D eigenvalue weighted by Gasteiger charge is 2.33. The Balaban J connectivity index is 1.24. The first-order valence-electron chi connectivity index (χ1n) is 12.4. The molecule has 0 aliphatic heterocycles. The quantitative estimate of drug-likeness (QED) is 0.436. The molecule has 0 atom stereocenters. The van der Waals surface area contributed by atoms with E-state index in [1.54, 1.807) is 12.1 Å². The van der Waals surface area contributed by atoms with Crippen LogP contribution in [-0.2, 0) is 4.74 Å². The molecule has 0 unspecified atom stereocenters. The molecular weight excluding hydrogens is 382 g/mol.